The first-order valence-corrected chi connectivity index (χ1v) is 9.16. The summed E-state index contributed by atoms with van der Waals surface area (Å²) in [7, 11) is 5.20. The van der Waals surface area contributed by atoms with Crippen LogP contribution in [0.3, 0.4) is 0 Å². The Labute approximate surface area is 154 Å². The molecule has 0 radical (unpaired) electrons. The zero-order valence-corrected chi connectivity index (χ0v) is 15.9. The second-order valence-corrected chi connectivity index (χ2v) is 7.57. The minimum Gasteiger partial charge on any atom is -0.383 e. The Morgan fingerprint density at radius 2 is 2.15 bits per heavy atom. The zero-order chi connectivity index (χ0) is 18.7. The van der Waals surface area contributed by atoms with Crippen LogP contribution in [0.2, 0.25) is 0 Å². The van der Waals surface area contributed by atoms with E-state index in [0.717, 1.165) is 38.9 Å². The number of likely N-dealkylation sites (tertiary alicyclic amines) is 1. The Kier molecular flexibility index (Phi) is 5.60. The van der Waals surface area contributed by atoms with Gasteiger partial charge in [0.1, 0.15) is 0 Å². The molecule has 3 heterocycles. The molecule has 2 aliphatic rings. The van der Waals surface area contributed by atoms with E-state index in [2.05, 4.69) is 14.9 Å². The number of halogens is 1. The van der Waals surface area contributed by atoms with Gasteiger partial charge in [-0.15, -0.1) is 0 Å². The minimum absolute atomic E-state index is 0.0515. The minimum atomic E-state index is -0.417. The number of carbonyl (C=O) groups excluding carboxylic acids is 1. The van der Waals surface area contributed by atoms with E-state index in [0.29, 0.717) is 31.3 Å². The van der Waals surface area contributed by atoms with Gasteiger partial charge < -0.3 is 19.4 Å². The molecule has 2 saturated heterocycles. The maximum atomic E-state index is 13.9. The predicted molar refractivity (Wildman–Crippen MR) is 97.9 cm³/mol. The number of rotatable bonds is 5. The Hall–Kier alpha value is -1.96. The van der Waals surface area contributed by atoms with Crippen molar-refractivity contribution in [2.45, 2.75) is 25.7 Å². The van der Waals surface area contributed by atoms with Gasteiger partial charge in [-0.25, -0.2) is 9.37 Å². The number of hydrogen-bond donors (Lipinski definition) is 0. The fraction of sp³-hybridized carbons (Fsp3) is 0.722. The summed E-state index contributed by atoms with van der Waals surface area (Å²) < 4.78 is 19.0. The third-order valence-corrected chi connectivity index (χ3v) is 5.39. The lowest BCUT2D eigenvalue weighted by atomic mass is 9.73. The highest BCUT2D eigenvalue weighted by Crippen LogP contribution is 2.39. The molecule has 1 atom stereocenters. The lowest BCUT2D eigenvalue weighted by Crippen LogP contribution is -2.55. The highest BCUT2D eigenvalue weighted by atomic mass is 19.1. The van der Waals surface area contributed by atoms with Gasteiger partial charge in [-0.05, 0) is 19.3 Å². The zero-order valence-electron chi connectivity index (χ0n) is 15.9. The van der Waals surface area contributed by atoms with Gasteiger partial charge in [0.2, 0.25) is 11.9 Å². The highest BCUT2D eigenvalue weighted by molar-refractivity contribution is 5.77. The molecular weight excluding hydrogens is 337 g/mol. The SMILES string of the molecule is COCCN1C[C@@]2(CCCN(c3ncc(F)c(N(C)C)n3)C2)CCC1=O. The summed E-state index contributed by atoms with van der Waals surface area (Å²) in [5.74, 6) is 0.655. The van der Waals surface area contributed by atoms with Crippen molar-refractivity contribution in [2.24, 2.45) is 5.41 Å². The first-order chi connectivity index (χ1) is 12.4. The largest absolute Gasteiger partial charge is 0.383 e. The first-order valence-electron chi connectivity index (χ1n) is 9.16. The van der Waals surface area contributed by atoms with Crippen LogP contribution in [-0.2, 0) is 9.53 Å². The summed E-state index contributed by atoms with van der Waals surface area (Å²) in [5.41, 5.74) is 0.0515. The molecule has 2 aliphatic heterocycles. The van der Waals surface area contributed by atoms with Gasteiger partial charge in [0.05, 0.1) is 12.8 Å². The molecule has 2 fully saturated rings. The Morgan fingerprint density at radius 1 is 1.35 bits per heavy atom. The summed E-state index contributed by atoms with van der Waals surface area (Å²) in [5, 5.41) is 0. The molecule has 0 aliphatic carbocycles. The number of hydrogen-bond acceptors (Lipinski definition) is 6. The standard InChI is InChI=1S/C18H28FN5O2/c1-22(2)16-14(19)11-20-17(21-16)24-8-4-6-18(13-24)7-5-15(25)23(12-18)9-10-26-3/h11H,4-10,12-13H2,1-3H3/t18-/m1/s1. The Morgan fingerprint density at radius 3 is 2.88 bits per heavy atom. The molecule has 0 unspecified atom stereocenters. The molecule has 26 heavy (non-hydrogen) atoms. The molecule has 3 rings (SSSR count). The fourth-order valence-electron chi connectivity index (χ4n) is 4.03. The fourth-order valence-corrected chi connectivity index (χ4v) is 4.03. The maximum Gasteiger partial charge on any atom is 0.227 e. The van der Waals surface area contributed by atoms with Crippen molar-refractivity contribution in [3.05, 3.63) is 12.0 Å². The molecule has 0 saturated carbocycles. The number of carbonyl (C=O) groups is 1. The Balaban J connectivity index is 1.76. The van der Waals surface area contributed by atoms with E-state index in [1.54, 1.807) is 26.1 Å². The van der Waals surface area contributed by atoms with Crippen molar-refractivity contribution in [1.29, 1.82) is 0 Å². The second-order valence-electron chi connectivity index (χ2n) is 7.57. The molecule has 1 aromatic rings. The molecule has 144 valence electrons. The van der Waals surface area contributed by atoms with Crippen molar-refractivity contribution >= 4 is 17.7 Å². The maximum absolute atomic E-state index is 13.9. The first kappa shape index (κ1) is 18.8. The molecule has 1 spiro atoms. The smallest absolute Gasteiger partial charge is 0.227 e. The molecule has 1 aromatic heterocycles. The lowest BCUT2D eigenvalue weighted by molar-refractivity contribution is -0.138. The third kappa shape index (κ3) is 3.90. The molecule has 0 bridgehead atoms. The second kappa shape index (κ2) is 7.73. The summed E-state index contributed by atoms with van der Waals surface area (Å²) in [4.78, 5) is 26.6. The van der Waals surface area contributed by atoms with Crippen LogP contribution in [0.4, 0.5) is 16.2 Å². The van der Waals surface area contributed by atoms with E-state index in [-0.39, 0.29) is 11.3 Å². The molecule has 0 aromatic carbocycles. The number of amides is 1. The van der Waals surface area contributed by atoms with Crippen molar-refractivity contribution in [2.75, 3.05) is 63.8 Å². The van der Waals surface area contributed by atoms with Crippen LogP contribution in [-0.4, -0.2) is 74.8 Å². The topological polar surface area (TPSA) is 61.8 Å². The molecule has 8 heteroatoms. The van der Waals surface area contributed by atoms with Crippen molar-refractivity contribution in [1.82, 2.24) is 14.9 Å². The number of methoxy groups -OCH3 is 1. The summed E-state index contributed by atoms with van der Waals surface area (Å²) >= 11 is 0. The average molecular weight is 365 g/mol. The number of anilines is 2. The van der Waals surface area contributed by atoms with Crippen LogP contribution in [0.1, 0.15) is 25.7 Å². The van der Waals surface area contributed by atoms with E-state index < -0.39 is 5.82 Å². The van der Waals surface area contributed by atoms with Crippen LogP contribution in [0, 0.1) is 11.2 Å². The van der Waals surface area contributed by atoms with Gasteiger partial charge in [-0.2, -0.15) is 4.98 Å². The van der Waals surface area contributed by atoms with Gasteiger partial charge in [-0.3, -0.25) is 4.79 Å². The average Bonchev–Trinajstić information content (AvgIpc) is 2.63. The third-order valence-electron chi connectivity index (χ3n) is 5.39. The summed E-state index contributed by atoms with van der Waals surface area (Å²) in [6.45, 7) is 3.58. The lowest BCUT2D eigenvalue weighted by Gasteiger charge is -2.48. The van der Waals surface area contributed by atoms with Crippen molar-refractivity contribution in [3.63, 3.8) is 0 Å². The molecule has 7 nitrogen and oxygen atoms in total. The van der Waals surface area contributed by atoms with E-state index in [1.807, 2.05) is 4.90 Å². The predicted octanol–water partition coefficient (Wildman–Crippen LogP) is 1.54. The van der Waals surface area contributed by atoms with Gasteiger partial charge >= 0.3 is 0 Å². The van der Waals surface area contributed by atoms with Crippen LogP contribution >= 0.6 is 0 Å². The van der Waals surface area contributed by atoms with Crippen LogP contribution in [0.5, 0.6) is 0 Å². The van der Waals surface area contributed by atoms with Gasteiger partial charge in [0.25, 0.3) is 0 Å². The van der Waals surface area contributed by atoms with E-state index in [9.17, 15) is 9.18 Å². The normalized spacial score (nSPS) is 23.6. The summed E-state index contributed by atoms with van der Waals surface area (Å²) in [6.07, 6.45) is 4.80. The van der Waals surface area contributed by atoms with Crippen molar-refractivity contribution in [3.8, 4) is 0 Å². The molecule has 0 N–H and O–H groups in total. The molecule has 1 amide bonds. The van der Waals surface area contributed by atoms with E-state index in [4.69, 9.17) is 4.74 Å². The van der Waals surface area contributed by atoms with Crippen LogP contribution in [0.15, 0.2) is 6.20 Å². The van der Waals surface area contributed by atoms with E-state index >= 15 is 0 Å². The van der Waals surface area contributed by atoms with E-state index in [1.165, 1.54) is 6.20 Å². The number of ether oxygens (including phenoxy) is 1. The van der Waals surface area contributed by atoms with Crippen LogP contribution in [0.25, 0.3) is 0 Å². The number of piperidine rings is 2. The molecular formula is C18H28FN5O2. The highest BCUT2D eigenvalue weighted by Gasteiger charge is 2.42. The number of nitrogens with zero attached hydrogens (tertiary/aromatic N) is 5. The Bertz CT molecular complexity index is 656. The van der Waals surface area contributed by atoms with Gasteiger partial charge in [0.15, 0.2) is 11.6 Å². The van der Waals surface area contributed by atoms with Gasteiger partial charge in [0, 0.05) is 59.2 Å². The monoisotopic (exact) mass is 365 g/mol. The van der Waals surface area contributed by atoms with Crippen molar-refractivity contribution < 1.29 is 13.9 Å². The van der Waals surface area contributed by atoms with Crippen LogP contribution < -0.4 is 9.80 Å². The number of aromatic nitrogens is 2. The van der Waals surface area contributed by atoms with Gasteiger partial charge in [-0.1, -0.05) is 0 Å². The summed E-state index contributed by atoms with van der Waals surface area (Å²) in [6, 6.07) is 0. The quantitative estimate of drug-likeness (QED) is 0.789.